The molecule has 2 N–H and O–H groups in total. The highest BCUT2D eigenvalue weighted by Crippen LogP contribution is 2.21. The van der Waals surface area contributed by atoms with Crippen molar-refractivity contribution in [2.75, 3.05) is 5.32 Å². The van der Waals surface area contributed by atoms with Crippen molar-refractivity contribution in [3.05, 3.63) is 69.0 Å². The van der Waals surface area contributed by atoms with Crippen LogP contribution in [-0.4, -0.2) is 15.2 Å². The molecular formula is C15H13ClN4O2. The molecule has 0 spiro atoms. The highest BCUT2D eigenvalue weighted by Gasteiger charge is 2.08. The van der Waals surface area contributed by atoms with E-state index in [1.54, 1.807) is 24.5 Å². The van der Waals surface area contributed by atoms with Crippen LogP contribution in [0.3, 0.4) is 0 Å². The number of furan rings is 1. The Morgan fingerprint density at radius 3 is 2.86 bits per heavy atom. The molecule has 6 nitrogen and oxygen atoms in total. The Morgan fingerprint density at radius 1 is 1.32 bits per heavy atom. The maximum absolute atomic E-state index is 12.0. The van der Waals surface area contributed by atoms with Gasteiger partial charge in [0.25, 0.3) is 5.56 Å². The molecule has 1 aromatic carbocycles. The molecule has 0 radical (unpaired) electrons. The van der Waals surface area contributed by atoms with E-state index in [4.69, 9.17) is 16.0 Å². The van der Waals surface area contributed by atoms with Crippen LogP contribution in [-0.2, 0) is 6.42 Å². The number of halogens is 1. The van der Waals surface area contributed by atoms with Crippen molar-refractivity contribution in [2.45, 2.75) is 13.3 Å². The van der Waals surface area contributed by atoms with E-state index >= 15 is 0 Å². The largest absolute Gasteiger partial charge is 0.469 e. The fraction of sp³-hybridized carbons (Fsp3) is 0.133. The lowest BCUT2D eigenvalue weighted by molar-refractivity contribution is 0.517. The molecule has 22 heavy (non-hydrogen) atoms. The molecule has 2 aromatic heterocycles. The molecule has 0 aliphatic heterocycles. The van der Waals surface area contributed by atoms with Gasteiger partial charge in [-0.1, -0.05) is 11.6 Å². The first-order chi connectivity index (χ1) is 10.6. The van der Waals surface area contributed by atoms with Crippen LogP contribution >= 0.6 is 11.6 Å². The maximum atomic E-state index is 12.0. The number of aromatic nitrogens is 3. The molecule has 3 rings (SSSR count). The van der Waals surface area contributed by atoms with Crippen LogP contribution in [0, 0.1) is 6.92 Å². The molecule has 0 fully saturated rings. The lowest BCUT2D eigenvalue weighted by atomic mass is 10.2. The molecule has 0 saturated heterocycles. The summed E-state index contributed by atoms with van der Waals surface area (Å²) in [6.07, 6.45) is 1.85. The number of H-pyrrole nitrogens is 1. The summed E-state index contributed by atoms with van der Waals surface area (Å²) in [6, 6.07) is 8.93. The number of nitrogens with zero attached hydrogens (tertiary/aromatic N) is 2. The van der Waals surface area contributed by atoms with Crippen LogP contribution in [0.5, 0.6) is 0 Å². The summed E-state index contributed by atoms with van der Waals surface area (Å²) in [5, 5.41) is 11.6. The number of rotatable bonds is 4. The Bertz CT molecular complexity index is 843. The topological polar surface area (TPSA) is 83.8 Å². The van der Waals surface area contributed by atoms with Crippen LogP contribution in [0.2, 0.25) is 5.02 Å². The summed E-state index contributed by atoms with van der Waals surface area (Å²) in [7, 11) is 0. The third kappa shape index (κ3) is 3.17. The van der Waals surface area contributed by atoms with E-state index in [-0.39, 0.29) is 11.5 Å². The van der Waals surface area contributed by atoms with E-state index in [2.05, 4.69) is 20.5 Å². The molecule has 0 saturated carbocycles. The smallest absolute Gasteiger partial charge is 0.274 e. The Labute approximate surface area is 131 Å². The van der Waals surface area contributed by atoms with Gasteiger partial charge in [-0.2, -0.15) is 0 Å². The number of benzene rings is 1. The van der Waals surface area contributed by atoms with Crippen molar-refractivity contribution in [1.29, 1.82) is 0 Å². The summed E-state index contributed by atoms with van der Waals surface area (Å²) >= 11 is 5.91. The normalized spacial score (nSPS) is 10.6. The molecule has 112 valence electrons. The molecule has 2 heterocycles. The molecule has 0 aliphatic carbocycles. The van der Waals surface area contributed by atoms with Gasteiger partial charge < -0.3 is 9.73 Å². The van der Waals surface area contributed by atoms with E-state index < -0.39 is 0 Å². The average Bonchev–Trinajstić information content (AvgIpc) is 2.98. The fourth-order valence-corrected chi connectivity index (χ4v) is 2.23. The van der Waals surface area contributed by atoms with E-state index in [1.165, 1.54) is 0 Å². The van der Waals surface area contributed by atoms with Gasteiger partial charge in [-0.25, -0.2) is 0 Å². The van der Waals surface area contributed by atoms with Gasteiger partial charge in [0, 0.05) is 10.7 Å². The van der Waals surface area contributed by atoms with Crippen molar-refractivity contribution < 1.29 is 4.42 Å². The highest BCUT2D eigenvalue weighted by molar-refractivity contribution is 6.30. The second-order valence-corrected chi connectivity index (χ2v) is 5.23. The standard InChI is InChI=1S/C15H13ClN4O2/c1-9-7-10(16)4-5-12(9)17-15-18-14(21)13(19-20-15)8-11-3-2-6-22-11/h2-7H,8H2,1H3,(H2,17,18,20,21). The number of hydrogen-bond acceptors (Lipinski definition) is 5. The van der Waals surface area contributed by atoms with E-state index in [9.17, 15) is 4.79 Å². The first kappa shape index (κ1) is 14.3. The van der Waals surface area contributed by atoms with Crippen LogP contribution in [0.15, 0.2) is 45.8 Å². The predicted octanol–water partition coefficient (Wildman–Crippen LogP) is 3.05. The zero-order valence-electron chi connectivity index (χ0n) is 11.8. The summed E-state index contributed by atoms with van der Waals surface area (Å²) in [6.45, 7) is 1.91. The first-order valence-electron chi connectivity index (χ1n) is 6.63. The van der Waals surface area contributed by atoms with Gasteiger partial charge in [-0.05, 0) is 42.8 Å². The minimum absolute atomic E-state index is 0.276. The monoisotopic (exact) mass is 316 g/mol. The van der Waals surface area contributed by atoms with Crippen LogP contribution in [0.25, 0.3) is 0 Å². The molecule has 3 aromatic rings. The molecule has 0 atom stereocenters. The molecule has 7 heteroatoms. The Hall–Kier alpha value is -2.60. The van der Waals surface area contributed by atoms with Crippen molar-refractivity contribution in [2.24, 2.45) is 0 Å². The van der Waals surface area contributed by atoms with Gasteiger partial charge in [-0.3, -0.25) is 9.78 Å². The van der Waals surface area contributed by atoms with Gasteiger partial charge in [0.1, 0.15) is 11.5 Å². The number of aryl methyl sites for hydroxylation is 1. The predicted molar refractivity (Wildman–Crippen MR) is 83.6 cm³/mol. The number of aromatic amines is 1. The summed E-state index contributed by atoms with van der Waals surface area (Å²) in [5.41, 5.74) is 1.73. The van der Waals surface area contributed by atoms with Crippen molar-refractivity contribution in [3.8, 4) is 0 Å². The van der Waals surface area contributed by atoms with Crippen molar-refractivity contribution in [3.63, 3.8) is 0 Å². The second-order valence-electron chi connectivity index (χ2n) is 4.79. The Kier molecular flexibility index (Phi) is 3.93. The fourth-order valence-electron chi connectivity index (χ4n) is 2.01. The van der Waals surface area contributed by atoms with Crippen LogP contribution in [0.4, 0.5) is 11.6 Å². The highest BCUT2D eigenvalue weighted by atomic mass is 35.5. The molecule has 0 aliphatic rings. The maximum Gasteiger partial charge on any atom is 0.274 e. The minimum atomic E-state index is -0.305. The zero-order valence-corrected chi connectivity index (χ0v) is 12.5. The summed E-state index contributed by atoms with van der Waals surface area (Å²) < 4.78 is 5.20. The summed E-state index contributed by atoms with van der Waals surface area (Å²) in [4.78, 5) is 14.7. The quantitative estimate of drug-likeness (QED) is 0.773. The zero-order chi connectivity index (χ0) is 15.5. The van der Waals surface area contributed by atoms with Gasteiger partial charge in [0.2, 0.25) is 5.95 Å². The number of nitrogens with one attached hydrogen (secondary N) is 2. The van der Waals surface area contributed by atoms with Crippen LogP contribution < -0.4 is 10.9 Å². The first-order valence-corrected chi connectivity index (χ1v) is 7.01. The van der Waals surface area contributed by atoms with Gasteiger partial charge in [0.15, 0.2) is 0 Å². The minimum Gasteiger partial charge on any atom is -0.469 e. The molecule has 0 unspecified atom stereocenters. The van der Waals surface area contributed by atoms with Crippen LogP contribution in [0.1, 0.15) is 17.0 Å². The second kappa shape index (κ2) is 6.03. The van der Waals surface area contributed by atoms with E-state index in [1.807, 2.05) is 19.1 Å². The molecule has 0 amide bonds. The number of hydrogen-bond donors (Lipinski definition) is 2. The lowest BCUT2D eigenvalue weighted by Gasteiger charge is -2.08. The average molecular weight is 317 g/mol. The van der Waals surface area contributed by atoms with Gasteiger partial charge >= 0.3 is 0 Å². The Morgan fingerprint density at radius 2 is 2.18 bits per heavy atom. The Balaban J connectivity index is 1.81. The van der Waals surface area contributed by atoms with Gasteiger partial charge in [-0.15, -0.1) is 10.2 Å². The third-order valence-corrected chi connectivity index (χ3v) is 3.36. The molecular weight excluding hydrogens is 304 g/mol. The number of anilines is 2. The lowest BCUT2D eigenvalue weighted by Crippen LogP contribution is -2.18. The third-order valence-electron chi connectivity index (χ3n) is 3.13. The van der Waals surface area contributed by atoms with Gasteiger partial charge in [0.05, 0.1) is 12.7 Å². The van der Waals surface area contributed by atoms with Crippen molar-refractivity contribution >= 4 is 23.2 Å². The molecule has 0 bridgehead atoms. The van der Waals surface area contributed by atoms with Crippen molar-refractivity contribution in [1.82, 2.24) is 15.2 Å². The van der Waals surface area contributed by atoms with E-state index in [0.717, 1.165) is 11.3 Å². The SMILES string of the molecule is Cc1cc(Cl)ccc1Nc1nnc(Cc2ccco2)c(=O)[nH]1. The van der Waals surface area contributed by atoms with E-state index in [0.29, 0.717) is 22.9 Å². The summed E-state index contributed by atoms with van der Waals surface area (Å²) in [5.74, 6) is 0.938.